The Kier molecular flexibility index (Phi) is 8.15. The summed E-state index contributed by atoms with van der Waals surface area (Å²) in [6.07, 6.45) is 2.29. The van der Waals surface area contributed by atoms with Crippen molar-refractivity contribution in [1.29, 1.82) is 0 Å². The molecule has 0 radical (unpaired) electrons. The Morgan fingerprint density at radius 1 is 1.25 bits per heavy atom. The average Bonchev–Trinajstić information content (AvgIpc) is 2.61. The van der Waals surface area contributed by atoms with Crippen molar-refractivity contribution in [2.45, 2.75) is 26.7 Å². The molecule has 0 unspecified atom stereocenters. The van der Waals surface area contributed by atoms with Crippen LogP contribution in [0.3, 0.4) is 0 Å². The summed E-state index contributed by atoms with van der Waals surface area (Å²) in [5.74, 6) is 0. The maximum atomic E-state index is 5.36. The first-order valence-corrected chi connectivity index (χ1v) is 9.18. The molecular formula is C18H29N4OS+. The number of hydrazone groups is 1. The van der Waals surface area contributed by atoms with Gasteiger partial charge in [-0.3, -0.25) is 5.43 Å². The third-order valence-corrected chi connectivity index (χ3v) is 4.44. The van der Waals surface area contributed by atoms with E-state index in [0.717, 1.165) is 57.1 Å². The highest BCUT2D eigenvalue weighted by Crippen LogP contribution is 2.07. The summed E-state index contributed by atoms with van der Waals surface area (Å²) in [4.78, 5) is 1.56. The molecule has 0 aliphatic carbocycles. The van der Waals surface area contributed by atoms with Crippen LogP contribution < -0.4 is 15.6 Å². The number of nitrogens with zero attached hydrogens (tertiary/aromatic N) is 1. The van der Waals surface area contributed by atoms with Gasteiger partial charge < -0.3 is 15.0 Å². The Hall–Kier alpha value is -1.50. The van der Waals surface area contributed by atoms with E-state index < -0.39 is 0 Å². The van der Waals surface area contributed by atoms with Gasteiger partial charge in [-0.1, -0.05) is 37.6 Å². The van der Waals surface area contributed by atoms with Crippen molar-refractivity contribution in [3.8, 4) is 0 Å². The first kappa shape index (κ1) is 18.8. The number of benzene rings is 1. The number of morpholine rings is 1. The molecule has 0 saturated carbocycles. The summed E-state index contributed by atoms with van der Waals surface area (Å²) in [7, 11) is 0. The van der Waals surface area contributed by atoms with E-state index in [2.05, 4.69) is 47.0 Å². The summed E-state index contributed by atoms with van der Waals surface area (Å²) in [5, 5.41) is 8.16. The summed E-state index contributed by atoms with van der Waals surface area (Å²) in [6.45, 7) is 9.95. The quantitative estimate of drug-likeness (QED) is 0.386. The lowest BCUT2D eigenvalue weighted by Gasteiger charge is -2.23. The van der Waals surface area contributed by atoms with Crippen LogP contribution in [-0.4, -0.2) is 50.2 Å². The van der Waals surface area contributed by atoms with Crippen LogP contribution in [0.1, 0.15) is 31.4 Å². The first-order chi connectivity index (χ1) is 11.7. The van der Waals surface area contributed by atoms with Crippen molar-refractivity contribution >= 4 is 23.0 Å². The zero-order valence-corrected chi connectivity index (χ0v) is 15.5. The highest BCUT2D eigenvalue weighted by atomic mass is 32.1. The van der Waals surface area contributed by atoms with Gasteiger partial charge in [0.15, 0.2) is 5.11 Å². The number of quaternary nitrogens is 1. The molecule has 132 valence electrons. The molecule has 1 aliphatic heterocycles. The van der Waals surface area contributed by atoms with Crippen LogP contribution in [0.2, 0.25) is 0 Å². The van der Waals surface area contributed by atoms with Crippen molar-refractivity contribution in [1.82, 2.24) is 10.7 Å². The van der Waals surface area contributed by atoms with Gasteiger partial charge in [0.1, 0.15) is 13.1 Å². The van der Waals surface area contributed by atoms with Gasteiger partial charge in [-0.15, -0.1) is 0 Å². The number of aryl methyl sites for hydroxylation is 1. The molecule has 0 atom stereocenters. The zero-order valence-electron chi connectivity index (χ0n) is 14.7. The first-order valence-electron chi connectivity index (χ1n) is 8.77. The van der Waals surface area contributed by atoms with Crippen molar-refractivity contribution in [3.05, 3.63) is 35.4 Å². The van der Waals surface area contributed by atoms with Crippen LogP contribution in [0.5, 0.6) is 0 Å². The zero-order chi connectivity index (χ0) is 17.2. The van der Waals surface area contributed by atoms with Gasteiger partial charge in [-0.2, -0.15) is 5.10 Å². The fourth-order valence-corrected chi connectivity index (χ4v) is 2.85. The van der Waals surface area contributed by atoms with Gasteiger partial charge >= 0.3 is 0 Å². The van der Waals surface area contributed by atoms with Crippen molar-refractivity contribution < 1.29 is 9.64 Å². The van der Waals surface area contributed by atoms with E-state index in [4.69, 9.17) is 17.0 Å². The van der Waals surface area contributed by atoms with Crippen molar-refractivity contribution in [2.24, 2.45) is 5.10 Å². The molecule has 3 N–H and O–H groups in total. The largest absolute Gasteiger partial charge is 0.370 e. The lowest BCUT2D eigenvalue weighted by atomic mass is 10.1. The maximum Gasteiger partial charge on any atom is 0.187 e. The second kappa shape index (κ2) is 10.4. The minimum absolute atomic E-state index is 0.574. The molecule has 5 nitrogen and oxygen atoms in total. The third-order valence-electron chi connectivity index (χ3n) is 4.20. The Bertz CT molecular complexity index is 538. The minimum Gasteiger partial charge on any atom is -0.370 e. The highest BCUT2D eigenvalue weighted by molar-refractivity contribution is 7.80. The summed E-state index contributed by atoms with van der Waals surface area (Å²) < 4.78 is 5.36. The Balaban J connectivity index is 1.71. The SMILES string of the molecule is CCCc1ccc(/C(C)=N\NC(=S)NCC[NH+]2CCOCC2)cc1. The standard InChI is InChI=1S/C18H28N4OS/c1-3-4-16-5-7-17(8-6-16)15(2)20-21-18(24)19-9-10-22-11-13-23-14-12-22/h5-8H,3-4,9-14H2,1-2H3,(H2,19,21,24)/p+1/b20-15-. The minimum atomic E-state index is 0.574. The van der Waals surface area contributed by atoms with E-state index in [1.807, 2.05) is 6.92 Å². The van der Waals surface area contributed by atoms with Gasteiger partial charge in [-0.25, -0.2) is 0 Å². The molecule has 0 bridgehead atoms. The fraction of sp³-hybridized carbons (Fsp3) is 0.556. The molecule has 0 spiro atoms. The molecule has 1 aromatic carbocycles. The number of ether oxygens (including phenoxy) is 1. The number of rotatable bonds is 7. The van der Waals surface area contributed by atoms with Crippen LogP contribution in [0.15, 0.2) is 29.4 Å². The lowest BCUT2D eigenvalue weighted by Crippen LogP contribution is -3.14. The van der Waals surface area contributed by atoms with Gasteiger partial charge in [0, 0.05) is 0 Å². The molecule has 6 heteroatoms. The van der Waals surface area contributed by atoms with Crippen molar-refractivity contribution in [3.63, 3.8) is 0 Å². The second-order valence-corrected chi connectivity index (χ2v) is 6.53. The van der Waals surface area contributed by atoms with E-state index in [1.165, 1.54) is 12.0 Å². The van der Waals surface area contributed by atoms with Crippen molar-refractivity contribution in [2.75, 3.05) is 39.4 Å². The summed E-state index contributed by atoms with van der Waals surface area (Å²) >= 11 is 5.28. The second-order valence-electron chi connectivity index (χ2n) is 6.12. The monoisotopic (exact) mass is 349 g/mol. The molecule has 0 aromatic heterocycles. The molecule has 1 aromatic rings. The van der Waals surface area contributed by atoms with E-state index in [0.29, 0.717) is 5.11 Å². The molecule has 24 heavy (non-hydrogen) atoms. The normalized spacial score (nSPS) is 16.0. The van der Waals surface area contributed by atoms with Crippen LogP contribution in [-0.2, 0) is 11.2 Å². The smallest absolute Gasteiger partial charge is 0.187 e. The van der Waals surface area contributed by atoms with Crippen LogP contribution in [0, 0.1) is 0 Å². The topological polar surface area (TPSA) is 50.1 Å². The predicted octanol–water partition coefficient (Wildman–Crippen LogP) is 0.742. The van der Waals surface area contributed by atoms with Crippen LogP contribution in [0.25, 0.3) is 0 Å². The molecule has 1 fully saturated rings. The lowest BCUT2D eigenvalue weighted by molar-refractivity contribution is -0.906. The molecular weight excluding hydrogens is 320 g/mol. The Morgan fingerprint density at radius 2 is 1.96 bits per heavy atom. The molecule has 1 heterocycles. The van der Waals surface area contributed by atoms with Crippen LogP contribution in [0.4, 0.5) is 0 Å². The maximum absolute atomic E-state index is 5.36. The van der Waals surface area contributed by atoms with E-state index in [9.17, 15) is 0 Å². The highest BCUT2D eigenvalue weighted by Gasteiger charge is 2.12. The van der Waals surface area contributed by atoms with Gasteiger partial charge in [-0.05, 0) is 36.7 Å². The van der Waals surface area contributed by atoms with E-state index in [1.54, 1.807) is 4.90 Å². The average molecular weight is 350 g/mol. The number of nitrogens with one attached hydrogen (secondary N) is 3. The Labute approximate surface area is 150 Å². The summed E-state index contributed by atoms with van der Waals surface area (Å²) in [5.41, 5.74) is 6.34. The predicted molar refractivity (Wildman–Crippen MR) is 103 cm³/mol. The molecule has 1 aliphatic rings. The Morgan fingerprint density at radius 3 is 2.62 bits per heavy atom. The van der Waals surface area contributed by atoms with E-state index in [-0.39, 0.29) is 0 Å². The molecule has 2 rings (SSSR count). The van der Waals surface area contributed by atoms with Gasteiger partial charge in [0.2, 0.25) is 0 Å². The molecule has 1 saturated heterocycles. The number of hydrogen-bond donors (Lipinski definition) is 3. The van der Waals surface area contributed by atoms with Gasteiger partial charge in [0.05, 0.1) is 32.0 Å². The summed E-state index contributed by atoms with van der Waals surface area (Å²) in [6, 6.07) is 8.56. The molecule has 0 amide bonds. The fourth-order valence-electron chi connectivity index (χ4n) is 2.70. The van der Waals surface area contributed by atoms with Gasteiger partial charge in [0.25, 0.3) is 0 Å². The number of thiocarbonyl (C=S) groups is 1. The number of hydrogen-bond acceptors (Lipinski definition) is 3. The third kappa shape index (κ3) is 6.55. The van der Waals surface area contributed by atoms with Crippen LogP contribution >= 0.6 is 12.2 Å². The van der Waals surface area contributed by atoms with E-state index >= 15 is 0 Å².